The van der Waals surface area contributed by atoms with E-state index in [2.05, 4.69) is 32.2 Å². The maximum absolute atomic E-state index is 12.7. The molecule has 0 spiro atoms. The van der Waals surface area contributed by atoms with Gasteiger partial charge in [0.15, 0.2) is 11.0 Å². The van der Waals surface area contributed by atoms with E-state index >= 15 is 0 Å². The molecule has 5 rings (SSSR count). The van der Waals surface area contributed by atoms with E-state index in [1.54, 1.807) is 7.05 Å². The van der Waals surface area contributed by atoms with Crippen molar-refractivity contribution >= 4 is 40.0 Å². The fourth-order valence-corrected chi connectivity index (χ4v) is 4.82. The summed E-state index contributed by atoms with van der Waals surface area (Å²) in [6.07, 6.45) is 0. The number of fused-ring (bicyclic) bond motifs is 3. The van der Waals surface area contributed by atoms with E-state index in [-0.39, 0.29) is 11.6 Å². The van der Waals surface area contributed by atoms with Crippen LogP contribution in [-0.4, -0.2) is 52.9 Å². The van der Waals surface area contributed by atoms with Crippen molar-refractivity contribution < 1.29 is 0 Å². The van der Waals surface area contributed by atoms with E-state index in [0.29, 0.717) is 21.9 Å². The predicted molar refractivity (Wildman–Crippen MR) is 134 cm³/mol. The number of halogens is 1. The van der Waals surface area contributed by atoms with Crippen molar-refractivity contribution in [2.24, 2.45) is 7.05 Å². The zero-order valence-corrected chi connectivity index (χ0v) is 20.7. The second kappa shape index (κ2) is 8.86. The highest BCUT2D eigenvalue weighted by molar-refractivity contribution is 7.98. The number of nitrogens with zero attached hydrogens (tertiary/aromatic N) is 8. The summed E-state index contributed by atoms with van der Waals surface area (Å²) in [5.74, 6) is 2.54. The zero-order valence-electron chi connectivity index (χ0n) is 19.2. The molecule has 5 aromatic rings. The van der Waals surface area contributed by atoms with Gasteiger partial charge in [-0.15, -0.1) is 20.4 Å². The summed E-state index contributed by atoms with van der Waals surface area (Å²) in [7, 11) is 5.73. The molecule has 0 bridgehead atoms. The molecule has 174 valence electrons. The van der Waals surface area contributed by atoms with Crippen molar-refractivity contribution in [3.05, 3.63) is 75.6 Å². The monoisotopic (exact) mass is 494 g/mol. The highest BCUT2D eigenvalue weighted by Crippen LogP contribution is 2.29. The Hall–Kier alpha value is -3.21. The molecular formula is C23H23ClN8OS. The molecule has 1 unspecified atom stereocenters. The van der Waals surface area contributed by atoms with E-state index in [4.69, 9.17) is 11.6 Å². The molecule has 0 saturated carbocycles. The molecular weight excluding hydrogens is 472 g/mol. The van der Waals surface area contributed by atoms with Crippen LogP contribution in [0.25, 0.3) is 22.4 Å². The molecule has 9 nitrogen and oxygen atoms in total. The van der Waals surface area contributed by atoms with Crippen molar-refractivity contribution in [2.75, 3.05) is 14.1 Å². The quantitative estimate of drug-likeness (QED) is 0.332. The van der Waals surface area contributed by atoms with Crippen LogP contribution in [0.5, 0.6) is 0 Å². The molecule has 0 aliphatic heterocycles. The van der Waals surface area contributed by atoms with Crippen LogP contribution in [0.3, 0.4) is 0 Å². The largest absolute Gasteiger partial charge is 0.300 e. The van der Waals surface area contributed by atoms with E-state index in [1.165, 1.54) is 16.3 Å². The van der Waals surface area contributed by atoms with Gasteiger partial charge < -0.3 is 0 Å². The molecule has 0 aliphatic carbocycles. The van der Waals surface area contributed by atoms with Gasteiger partial charge in [-0.3, -0.25) is 23.2 Å². The number of aromatic nitrogens is 7. The van der Waals surface area contributed by atoms with Gasteiger partial charge in [0.2, 0.25) is 5.78 Å². The standard InChI is InChI=1S/C23H23ClN8OS/c1-14(29(2)3)20-26-28-23(31(20)16-11-9-15(24)10-12-16)34-13-19-25-27-22-30(4)21(33)17-7-5-6-8-18(17)32(19)22/h5-12,14H,13H2,1-4H3. The normalized spacial score (nSPS) is 12.8. The van der Waals surface area contributed by atoms with Crippen molar-refractivity contribution in [3.63, 3.8) is 0 Å². The lowest BCUT2D eigenvalue weighted by molar-refractivity contribution is 0.305. The van der Waals surface area contributed by atoms with Gasteiger partial charge in [0.05, 0.1) is 22.7 Å². The molecule has 11 heteroatoms. The third kappa shape index (κ3) is 3.77. The summed E-state index contributed by atoms with van der Waals surface area (Å²) in [5.41, 5.74) is 1.61. The number of hydrogen-bond acceptors (Lipinski definition) is 7. The van der Waals surface area contributed by atoms with E-state index in [0.717, 1.165) is 28.0 Å². The first kappa shape index (κ1) is 22.6. The lowest BCUT2D eigenvalue weighted by Crippen LogP contribution is -2.20. The van der Waals surface area contributed by atoms with Gasteiger partial charge in [0, 0.05) is 17.8 Å². The van der Waals surface area contributed by atoms with Crippen molar-refractivity contribution in [2.45, 2.75) is 23.9 Å². The average molecular weight is 495 g/mol. The first-order chi connectivity index (χ1) is 16.4. The first-order valence-corrected chi connectivity index (χ1v) is 12.1. The highest BCUT2D eigenvalue weighted by Gasteiger charge is 2.22. The van der Waals surface area contributed by atoms with Crippen LogP contribution in [-0.2, 0) is 12.8 Å². The summed E-state index contributed by atoms with van der Waals surface area (Å²) in [5, 5.41) is 19.7. The van der Waals surface area contributed by atoms with Crippen molar-refractivity contribution in [1.29, 1.82) is 0 Å². The van der Waals surface area contributed by atoms with E-state index in [1.807, 2.05) is 71.6 Å². The number of para-hydroxylation sites is 1. The minimum absolute atomic E-state index is 0.0462. The number of hydrogen-bond donors (Lipinski definition) is 0. The van der Waals surface area contributed by atoms with Crippen LogP contribution < -0.4 is 5.56 Å². The van der Waals surface area contributed by atoms with Gasteiger partial charge in [-0.2, -0.15) is 0 Å². The van der Waals surface area contributed by atoms with Crippen LogP contribution in [0, 0.1) is 0 Å². The lowest BCUT2D eigenvalue weighted by atomic mass is 10.2. The van der Waals surface area contributed by atoms with Gasteiger partial charge in [0.25, 0.3) is 5.56 Å². The Bertz CT molecular complexity index is 1550. The first-order valence-electron chi connectivity index (χ1n) is 10.7. The second-order valence-electron chi connectivity index (χ2n) is 8.21. The summed E-state index contributed by atoms with van der Waals surface area (Å²) < 4.78 is 5.50. The maximum Gasteiger partial charge on any atom is 0.262 e. The van der Waals surface area contributed by atoms with Crippen molar-refractivity contribution in [1.82, 2.24) is 38.8 Å². The Morgan fingerprint density at radius 2 is 1.76 bits per heavy atom. The molecule has 0 radical (unpaired) electrons. The zero-order chi connectivity index (χ0) is 24.0. The molecule has 0 aliphatic rings. The van der Waals surface area contributed by atoms with Crippen LogP contribution in [0.4, 0.5) is 0 Å². The Balaban J connectivity index is 1.58. The maximum atomic E-state index is 12.7. The van der Waals surface area contributed by atoms with Crippen LogP contribution >= 0.6 is 23.4 Å². The van der Waals surface area contributed by atoms with Crippen LogP contribution in [0.15, 0.2) is 58.5 Å². The second-order valence-corrected chi connectivity index (χ2v) is 9.59. The van der Waals surface area contributed by atoms with Crippen LogP contribution in [0.1, 0.15) is 24.6 Å². The average Bonchev–Trinajstić information content (AvgIpc) is 3.46. The number of thioether (sulfide) groups is 1. The molecule has 3 aromatic heterocycles. The Morgan fingerprint density at radius 3 is 2.50 bits per heavy atom. The summed E-state index contributed by atoms with van der Waals surface area (Å²) in [4.78, 5) is 14.8. The van der Waals surface area contributed by atoms with Gasteiger partial charge in [-0.25, -0.2) is 0 Å². The van der Waals surface area contributed by atoms with E-state index in [9.17, 15) is 4.79 Å². The minimum Gasteiger partial charge on any atom is -0.300 e. The van der Waals surface area contributed by atoms with Gasteiger partial charge in [0.1, 0.15) is 5.82 Å². The van der Waals surface area contributed by atoms with Crippen LogP contribution in [0.2, 0.25) is 5.02 Å². The summed E-state index contributed by atoms with van der Waals surface area (Å²) in [6.45, 7) is 2.09. The van der Waals surface area contributed by atoms with Gasteiger partial charge >= 0.3 is 0 Å². The molecule has 0 fully saturated rings. The Labute approximate surface area is 205 Å². The molecule has 0 saturated heterocycles. The topological polar surface area (TPSA) is 86.1 Å². The minimum atomic E-state index is -0.0977. The molecule has 34 heavy (non-hydrogen) atoms. The summed E-state index contributed by atoms with van der Waals surface area (Å²) in [6, 6.07) is 15.2. The predicted octanol–water partition coefficient (Wildman–Crippen LogP) is 3.73. The number of rotatable bonds is 6. The third-order valence-corrected chi connectivity index (χ3v) is 7.09. The van der Waals surface area contributed by atoms with E-state index < -0.39 is 0 Å². The molecule has 3 heterocycles. The Kier molecular flexibility index (Phi) is 5.88. The van der Waals surface area contributed by atoms with Gasteiger partial charge in [-0.05, 0) is 57.4 Å². The smallest absolute Gasteiger partial charge is 0.262 e. The molecule has 2 aromatic carbocycles. The SMILES string of the molecule is CC(c1nnc(SCc2nnc3n(C)c(=O)c4ccccc4n23)n1-c1ccc(Cl)cc1)N(C)C. The molecule has 1 atom stereocenters. The highest BCUT2D eigenvalue weighted by atomic mass is 35.5. The fraction of sp³-hybridized carbons (Fsp3) is 0.261. The fourth-order valence-electron chi connectivity index (χ4n) is 3.82. The summed E-state index contributed by atoms with van der Waals surface area (Å²) >= 11 is 7.64. The third-order valence-electron chi connectivity index (χ3n) is 5.91. The number of benzene rings is 2. The molecule has 0 N–H and O–H groups in total. The lowest BCUT2D eigenvalue weighted by Gasteiger charge is -2.20. The molecule has 0 amide bonds. The Morgan fingerprint density at radius 1 is 1.03 bits per heavy atom. The van der Waals surface area contributed by atoms with Crippen molar-refractivity contribution in [3.8, 4) is 5.69 Å². The van der Waals surface area contributed by atoms with Gasteiger partial charge in [-0.1, -0.05) is 35.5 Å². The number of aryl methyl sites for hydroxylation is 1.